The van der Waals surface area contributed by atoms with Gasteiger partial charge in [0.2, 0.25) is 26.0 Å². The number of fused-ring (bicyclic) bond motifs is 5. The standard InChI is InChI=1S/C43H36ClF6N9O6S2.CH4/c1-56-37-32(12-11-29(44)35(37)40(54-56)55-66(3,62)63)59-41(52-30-16-22(7-10-26(30)42(59)61)21-5-8-25(9-6-21)57(2)67(4,64)65)31(15-20-13-23(45)17-24(46)14-20)51-33(60)19-58-38-34(36(53-58)39(47)48)27-18-28(27)43(38,49)50;/h5-14,16-17,27-28,31,39H,15,18-19H2,1-4H3,(H,51,60)(H,54,55);1H4/t27-,28+,31-;/m0./s1. The van der Waals surface area contributed by atoms with Gasteiger partial charge in [0.05, 0.1) is 56.8 Å². The molecule has 3 atom stereocenters. The van der Waals surface area contributed by atoms with Gasteiger partial charge in [-0.1, -0.05) is 37.2 Å². The summed E-state index contributed by atoms with van der Waals surface area (Å²) < 4.78 is 145. The molecular weight excluding hydrogens is 964 g/mol. The molecule has 3 aromatic heterocycles. The molecule has 0 saturated heterocycles. The van der Waals surface area contributed by atoms with Crippen LogP contribution < -0.4 is 19.9 Å². The minimum Gasteiger partial charge on any atom is -0.344 e. The number of amides is 1. The summed E-state index contributed by atoms with van der Waals surface area (Å²) >= 11 is 6.64. The molecular formula is C44H40ClF6N9O6S2. The third kappa shape index (κ3) is 8.54. The zero-order valence-electron chi connectivity index (χ0n) is 35.4. The van der Waals surface area contributed by atoms with Crippen molar-refractivity contribution in [1.29, 1.82) is 0 Å². The SMILES string of the molecule is C.CN(c1ccc(-c2ccc3c(=O)n(-c4ccc(Cl)c5c(NS(C)(=O)=O)nn(C)c45)c([C@H](Cc4cc(F)cc(F)c4)NC(=O)Cn4nc(C(F)F)c5c4C(F)(F)[C@@H]4C[C@H]54)nc3c2)cc1)S(C)(=O)=O. The monoisotopic (exact) mass is 1000 g/mol. The smallest absolute Gasteiger partial charge is 0.293 e. The number of halogens is 7. The highest BCUT2D eigenvalue weighted by Crippen LogP contribution is 2.68. The predicted octanol–water partition coefficient (Wildman–Crippen LogP) is 7.72. The Hall–Kier alpha value is -6.46. The predicted molar refractivity (Wildman–Crippen MR) is 243 cm³/mol. The van der Waals surface area contributed by atoms with Gasteiger partial charge in [-0.3, -0.25) is 32.5 Å². The van der Waals surface area contributed by atoms with Crippen molar-refractivity contribution < 1.29 is 48.0 Å². The first-order valence-corrected chi connectivity index (χ1v) is 24.3. The molecule has 358 valence electrons. The molecule has 2 aliphatic carbocycles. The normalized spacial score (nSPS) is 16.6. The van der Waals surface area contributed by atoms with Gasteiger partial charge in [-0.05, 0) is 77.6 Å². The van der Waals surface area contributed by atoms with Crippen molar-refractivity contribution in [2.45, 2.75) is 51.1 Å². The average molecular weight is 1000 g/mol. The van der Waals surface area contributed by atoms with Gasteiger partial charge in [0.15, 0.2) is 5.82 Å². The number of hydrogen-bond donors (Lipinski definition) is 2. The van der Waals surface area contributed by atoms with Gasteiger partial charge in [0, 0.05) is 38.1 Å². The van der Waals surface area contributed by atoms with E-state index in [9.17, 15) is 39.2 Å². The van der Waals surface area contributed by atoms with Gasteiger partial charge < -0.3 is 5.32 Å². The van der Waals surface area contributed by atoms with Crippen molar-refractivity contribution in [3.8, 4) is 16.8 Å². The van der Waals surface area contributed by atoms with Crippen molar-refractivity contribution >= 4 is 70.9 Å². The van der Waals surface area contributed by atoms with Crippen molar-refractivity contribution in [1.82, 2.24) is 34.4 Å². The molecule has 2 aliphatic rings. The quantitative estimate of drug-likeness (QED) is 0.109. The molecule has 1 amide bonds. The molecule has 1 fully saturated rings. The number of nitrogens with zero attached hydrogens (tertiary/aromatic N) is 7. The lowest BCUT2D eigenvalue weighted by molar-refractivity contribution is -0.123. The number of anilines is 2. The number of rotatable bonds is 13. The van der Waals surface area contributed by atoms with E-state index in [0.29, 0.717) is 27.6 Å². The Labute approximate surface area is 389 Å². The van der Waals surface area contributed by atoms with Gasteiger partial charge in [0.25, 0.3) is 17.9 Å². The van der Waals surface area contributed by atoms with E-state index in [1.807, 2.05) is 0 Å². The number of nitrogens with one attached hydrogen (secondary N) is 2. The Kier molecular flexibility index (Phi) is 12.0. The minimum atomic E-state index is -3.94. The number of aromatic nitrogens is 6. The average Bonchev–Trinajstić information content (AvgIpc) is 3.78. The Morgan fingerprint density at radius 1 is 0.956 bits per heavy atom. The molecule has 7 aromatic rings. The van der Waals surface area contributed by atoms with Crippen molar-refractivity contribution in [2.75, 3.05) is 28.6 Å². The topological polar surface area (TPSA) is 183 Å². The van der Waals surface area contributed by atoms with E-state index in [4.69, 9.17) is 16.6 Å². The second-order valence-corrected chi connectivity index (χ2v) is 20.7. The Balaban J connectivity index is 0.00000625. The summed E-state index contributed by atoms with van der Waals surface area (Å²) in [4.78, 5) is 34.2. The maximum atomic E-state index is 15.6. The zero-order valence-corrected chi connectivity index (χ0v) is 37.8. The first kappa shape index (κ1) is 48.0. The molecule has 15 nitrogen and oxygen atoms in total. The van der Waals surface area contributed by atoms with Crippen molar-refractivity contribution in [3.05, 3.63) is 128 Å². The van der Waals surface area contributed by atoms with Crippen LogP contribution in [0.15, 0.2) is 77.6 Å². The number of aryl methyl sites for hydroxylation is 1. The highest BCUT2D eigenvalue weighted by molar-refractivity contribution is 7.92. The van der Waals surface area contributed by atoms with E-state index < -0.39 is 97.7 Å². The Bertz CT molecular complexity index is 3490. The van der Waals surface area contributed by atoms with Gasteiger partial charge in [0.1, 0.15) is 35.4 Å². The number of benzene rings is 4. The fourth-order valence-electron chi connectivity index (χ4n) is 8.81. The van der Waals surface area contributed by atoms with Crippen LogP contribution in [-0.4, -0.2) is 71.4 Å². The molecule has 68 heavy (non-hydrogen) atoms. The van der Waals surface area contributed by atoms with Crippen LogP contribution in [0.4, 0.5) is 37.8 Å². The molecule has 24 heteroatoms. The molecule has 0 radical (unpaired) electrons. The molecule has 0 unspecified atom stereocenters. The molecule has 0 spiro atoms. The number of hydrogen-bond acceptors (Lipinski definition) is 9. The van der Waals surface area contributed by atoms with E-state index in [1.54, 1.807) is 30.3 Å². The Morgan fingerprint density at radius 2 is 1.62 bits per heavy atom. The largest absolute Gasteiger partial charge is 0.344 e. The van der Waals surface area contributed by atoms with E-state index in [0.717, 1.165) is 33.5 Å². The highest BCUT2D eigenvalue weighted by Gasteiger charge is 2.67. The van der Waals surface area contributed by atoms with Crippen molar-refractivity contribution in [3.63, 3.8) is 0 Å². The third-order valence-electron chi connectivity index (χ3n) is 11.9. The zero-order chi connectivity index (χ0) is 48.2. The first-order chi connectivity index (χ1) is 31.4. The lowest BCUT2D eigenvalue weighted by Gasteiger charge is -2.24. The summed E-state index contributed by atoms with van der Waals surface area (Å²) in [6.07, 6.45) is -1.83. The highest BCUT2D eigenvalue weighted by atomic mass is 35.5. The molecule has 2 N–H and O–H groups in total. The van der Waals surface area contributed by atoms with Crippen LogP contribution >= 0.6 is 11.6 Å². The van der Waals surface area contributed by atoms with E-state index in [1.165, 1.54) is 43.0 Å². The fraction of sp³-hybridized carbons (Fsp3) is 0.295. The number of sulfonamides is 2. The fourth-order valence-corrected chi connectivity index (χ4v) is 10.1. The van der Waals surface area contributed by atoms with Crippen LogP contribution in [0.2, 0.25) is 5.02 Å². The molecule has 0 aliphatic heterocycles. The van der Waals surface area contributed by atoms with Gasteiger partial charge in [-0.25, -0.2) is 39.4 Å². The number of carbonyl (C=O) groups excluding carboxylic acids is 1. The van der Waals surface area contributed by atoms with Crippen LogP contribution in [0.3, 0.4) is 0 Å². The summed E-state index contributed by atoms with van der Waals surface area (Å²) in [7, 11) is -4.72. The lowest BCUT2D eigenvalue weighted by atomic mass is 10.0. The van der Waals surface area contributed by atoms with Gasteiger partial charge in [-0.2, -0.15) is 19.0 Å². The van der Waals surface area contributed by atoms with Crippen LogP contribution in [-0.2, 0) is 50.8 Å². The van der Waals surface area contributed by atoms with E-state index >= 15 is 13.6 Å². The molecule has 4 aromatic carbocycles. The minimum absolute atomic E-state index is 0. The lowest BCUT2D eigenvalue weighted by Crippen LogP contribution is -2.38. The molecule has 1 saturated carbocycles. The molecule has 0 bridgehead atoms. The van der Waals surface area contributed by atoms with Gasteiger partial charge >= 0.3 is 0 Å². The van der Waals surface area contributed by atoms with Crippen molar-refractivity contribution in [2.24, 2.45) is 13.0 Å². The Morgan fingerprint density at radius 3 is 2.25 bits per heavy atom. The maximum Gasteiger partial charge on any atom is 0.293 e. The van der Waals surface area contributed by atoms with E-state index in [-0.39, 0.29) is 69.1 Å². The van der Waals surface area contributed by atoms with Crippen LogP contribution in [0, 0.1) is 17.6 Å². The second-order valence-electron chi connectivity index (χ2n) is 16.5. The first-order valence-electron chi connectivity index (χ1n) is 20.2. The summed E-state index contributed by atoms with van der Waals surface area (Å²) in [6, 6.07) is 14.7. The molecule has 9 rings (SSSR count). The third-order valence-corrected chi connectivity index (χ3v) is 14.0. The number of carbonyl (C=O) groups is 1. The molecule has 3 heterocycles. The maximum absolute atomic E-state index is 15.6. The van der Waals surface area contributed by atoms with E-state index in [2.05, 4.69) is 20.2 Å². The second kappa shape index (κ2) is 16.9. The van der Waals surface area contributed by atoms with Gasteiger partial charge in [-0.15, -0.1) is 0 Å². The van der Waals surface area contributed by atoms with Crippen LogP contribution in [0.1, 0.15) is 60.6 Å². The van der Waals surface area contributed by atoms with Crippen LogP contribution in [0.5, 0.6) is 0 Å². The summed E-state index contributed by atoms with van der Waals surface area (Å²) in [5.74, 6) is -9.26. The number of alkyl halides is 4. The summed E-state index contributed by atoms with van der Waals surface area (Å²) in [5.41, 5.74) is -1.36. The summed E-state index contributed by atoms with van der Waals surface area (Å²) in [5, 5.41) is 10.7. The summed E-state index contributed by atoms with van der Waals surface area (Å²) in [6.45, 7) is -1.02. The van der Waals surface area contributed by atoms with Crippen LogP contribution in [0.25, 0.3) is 38.6 Å².